The molecule has 2 aliphatic heterocycles. The smallest absolute Gasteiger partial charge is 0.352 e. The minimum atomic E-state index is -0.499. The summed E-state index contributed by atoms with van der Waals surface area (Å²) in [6.07, 6.45) is 4.69. The molecule has 7 nitrogen and oxygen atoms in total. The standard InChI is InChI=1S/C22H17FN4O3/c1-13-6-16(4-5-24-13)30-18-3-2-14(7-17(18)23)11-29-19-8-20-26(21(28)25-19)12-22-9-15(22)10-27(20)22/h2-8,10H,9,11-12H2,1H3. The monoisotopic (exact) mass is 404 g/mol. The number of hydrogen-bond donors (Lipinski definition) is 0. The van der Waals surface area contributed by atoms with E-state index in [-0.39, 0.29) is 29.5 Å². The molecule has 6 rings (SSSR count). The van der Waals surface area contributed by atoms with E-state index in [0.717, 1.165) is 17.9 Å². The lowest BCUT2D eigenvalue weighted by molar-refractivity contribution is 0.290. The second-order valence-electron chi connectivity index (χ2n) is 7.84. The first-order valence-corrected chi connectivity index (χ1v) is 9.66. The Labute approximate surface area is 171 Å². The second kappa shape index (κ2) is 5.91. The number of ether oxygens (including phenoxy) is 2. The van der Waals surface area contributed by atoms with Crippen LogP contribution in [0.5, 0.6) is 17.4 Å². The normalized spacial score (nSPS) is 19.9. The molecule has 2 aromatic heterocycles. The molecule has 1 aromatic carbocycles. The van der Waals surface area contributed by atoms with E-state index in [9.17, 15) is 9.18 Å². The predicted molar refractivity (Wildman–Crippen MR) is 106 cm³/mol. The lowest BCUT2D eigenvalue weighted by atomic mass is 10.2. The minimum absolute atomic E-state index is 0.0266. The zero-order valence-corrected chi connectivity index (χ0v) is 16.1. The highest BCUT2D eigenvalue weighted by Gasteiger charge is 2.64. The van der Waals surface area contributed by atoms with Crippen molar-refractivity contribution < 1.29 is 13.9 Å². The number of aromatic nitrogens is 3. The van der Waals surface area contributed by atoms with Gasteiger partial charge in [0.25, 0.3) is 0 Å². The van der Waals surface area contributed by atoms with Gasteiger partial charge in [0.1, 0.15) is 18.2 Å². The molecule has 0 N–H and O–H groups in total. The number of aryl methyl sites for hydroxylation is 1. The Bertz CT molecular complexity index is 1300. The first kappa shape index (κ1) is 17.2. The molecular weight excluding hydrogens is 387 g/mol. The highest BCUT2D eigenvalue weighted by Crippen LogP contribution is 2.61. The Morgan fingerprint density at radius 2 is 2.13 bits per heavy atom. The van der Waals surface area contributed by atoms with Gasteiger partial charge in [0.15, 0.2) is 11.6 Å². The number of fused-ring (bicyclic) bond motifs is 2. The molecule has 4 heterocycles. The molecule has 0 amide bonds. The van der Waals surface area contributed by atoms with Crippen molar-refractivity contribution in [2.24, 2.45) is 0 Å². The molecule has 0 bridgehead atoms. The van der Waals surface area contributed by atoms with Gasteiger partial charge in [0.2, 0.25) is 5.88 Å². The summed E-state index contributed by atoms with van der Waals surface area (Å²) < 4.78 is 27.4. The van der Waals surface area contributed by atoms with E-state index in [1.54, 1.807) is 41.1 Å². The van der Waals surface area contributed by atoms with Gasteiger partial charge in [0, 0.05) is 36.6 Å². The lowest BCUT2D eigenvalue weighted by Gasteiger charge is -2.27. The van der Waals surface area contributed by atoms with Crippen molar-refractivity contribution in [2.75, 3.05) is 4.90 Å². The fourth-order valence-corrected chi connectivity index (χ4v) is 4.15. The topological polar surface area (TPSA) is 69.5 Å². The highest BCUT2D eigenvalue weighted by atomic mass is 19.1. The summed E-state index contributed by atoms with van der Waals surface area (Å²) in [7, 11) is 0. The average molecular weight is 404 g/mol. The van der Waals surface area contributed by atoms with Crippen molar-refractivity contribution in [3.8, 4) is 17.4 Å². The SMILES string of the molecule is Cc1cc(Oc2ccc(COc3cc4n(c(=O)n3)CC35CC3=CN45)cc2F)ccn1. The predicted octanol–water partition coefficient (Wildman–Crippen LogP) is 3.32. The molecule has 1 saturated carbocycles. The van der Waals surface area contributed by atoms with Crippen LogP contribution in [0.25, 0.3) is 0 Å². The van der Waals surface area contributed by atoms with E-state index in [1.807, 2.05) is 6.92 Å². The molecular formula is C22H17FN4O3. The fourth-order valence-electron chi connectivity index (χ4n) is 4.15. The van der Waals surface area contributed by atoms with Crippen LogP contribution in [0.15, 0.2) is 59.2 Å². The van der Waals surface area contributed by atoms with Crippen LogP contribution in [0, 0.1) is 12.7 Å². The summed E-state index contributed by atoms with van der Waals surface area (Å²) in [5.74, 6) is 1.17. The number of pyridine rings is 1. The van der Waals surface area contributed by atoms with Crippen molar-refractivity contribution in [2.45, 2.75) is 32.0 Å². The van der Waals surface area contributed by atoms with Gasteiger partial charge in [-0.05, 0) is 36.3 Å². The average Bonchev–Trinajstić information content (AvgIpc) is 3.16. The van der Waals surface area contributed by atoms with Gasteiger partial charge in [-0.15, -0.1) is 0 Å². The molecule has 1 aliphatic carbocycles. The van der Waals surface area contributed by atoms with E-state index in [0.29, 0.717) is 17.9 Å². The third kappa shape index (κ3) is 2.53. The van der Waals surface area contributed by atoms with Crippen LogP contribution in [0.3, 0.4) is 0 Å². The van der Waals surface area contributed by atoms with Crippen LogP contribution in [0.4, 0.5) is 10.2 Å². The third-order valence-corrected chi connectivity index (χ3v) is 5.81. The van der Waals surface area contributed by atoms with Gasteiger partial charge >= 0.3 is 5.69 Å². The number of benzene rings is 1. The number of rotatable bonds is 5. The van der Waals surface area contributed by atoms with Gasteiger partial charge in [0.05, 0.1) is 12.1 Å². The summed E-state index contributed by atoms with van der Waals surface area (Å²) in [6.45, 7) is 2.59. The maximum Gasteiger partial charge on any atom is 0.352 e. The van der Waals surface area contributed by atoms with Crippen molar-refractivity contribution in [1.82, 2.24) is 14.5 Å². The molecule has 0 radical (unpaired) electrons. The van der Waals surface area contributed by atoms with Gasteiger partial charge in [-0.3, -0.25) is 9.55 Å². The number of anilines is 1. The molecule has 8 heteroatoms. The first-order valence-electron chi connectivity index (χ1n) is 9.66. The Kier molecular flexibility index (Phi) is 3.39. The highest BCUT2D eigenvalue weighted by molar-refractivity contribution is 5.71. The Hall–Kier alpha value is -3.68. The summed E-state index contributed by atoms with van der Waals surface area (Å²) in [4.78, 5) is 22.6. The zero-order valence-electron chi connectivity index (χ0n) is 16.1. The van der Waals surface area contributed by atoms with Gasteiger partial charge in [-0.2, -0.15) is 4.98 Å². The number of hydrogen-bond acceptors (Lipinski definition) is 6. The number of halogens is 1. The maximum atomic E-state index is 14.5. The van der Waals surface area contributed by atoms with E-state index in [4.69, 9.17) is 9.47 Å². The van der Waals surface area contributed by atoms with Crippen LogP contribution >= 0.6 is 0 Å². The quantitative estimate of drug-likeness (QED) is 0.650. The lowest BCUT2D eigenvalue weighted by Crippen LogP contribution is -2.35. The Balaban J connectivity index is 1.17. The first-order chi connectivity index (χ1) is 14.5. The molecule has 3 aliphatic rings. The third-order valence-electron chi connectivity index (χ3n) is 5.81. The van der Waals surface area contributed by atoms with Gasteiger partial charge in [-0.25, -0.2) is 9.18 Å². The molecule has 1 unspecified atom stereocenters. The van der Waals surface area contributed by atoms with E-state index in [1.165, 1.54) is 11.6 Å². The molecule has 0 saturated heterocycles. The van der Waals surface area contributed by atoms with Crippen LogP contribution in [0.1, 0.15) is 17.7 Å². The Morgan fingerprint density at radius 1 is 1.23 bits per heavy atom. The van der Waals surface area contributed by atoms with Crippen LogP contribution in [-0.2, 0) is 13.2 Å². The van der Waals surface area contributed by atoms with Gasteiger partial charge in [-0.1, -0.05) is 6.07 Å². The molecule has 30 heavy (non-hydrogen) atoms. The number of nitrogens with zero attached hydrogens (tertiary/aromatic N) is 4. The minimum Gasteiger partial charge on any atom is -0.473 e. The van der Waals surface area contributed by atoms with E-state index < -0.39 is 5.82 Å². The Morgan fingerprint density at radius 3 is 2.90 bits per heavy atom. The summed E-state index contributed by atoms with van der Waals surface area (Å²) in [6, 6.07) is 9.79. The molecule has 1 spiro atoms. The van der Waals surface area contributed by atoms with E-state index >= 15 is 0 Å². The summed E-state index contributed by atoms with van der Waals surface area (Å²) >= 11 is 0. The maximum absolute atomic E-state index is 14.5. The zero-order chi connectivity index (χ0) is 20.5. The van der Waals surface area contributed by atoms with Crippen LogP contribution in [0.2, 0.25) is 0 Å². The second-order valence-corrected chi connectivity index (χ2v) is 7.84. The molecule has 3 aromatic rings. The van der Waals surface area contributed by atoms with Crippen molar-refractivity contribution in [3.05, 3.63) is 81.9 Å². The van der Waals surface area contributed by atoms with Gasteiger partial charge < -0.3 is 14.4 Å². The molecule has 1 atom stereocenters. The van der Waals surface area contributed by atoms with Crippen LogP contribution in [-0.4, -0.2) is 20.1 Å². The summed E-state index contributed by atoms with van der Waals surface area (Å²) in [5, 5.41) is 0. The van der Waals surface area contributed by atoms with Crippen molar-refractivity contribution in [3.63, 3.8) is 0 Å². The summed E-state index contributed by atoms with van der Waals surface area (Å²) in [5.41, 5.74) is 2.48. The molecule has 150 valence electrons. The van der Waals surface area contributed by atoms with E-state index in [2.05, 4.69) is 21.1 Å². The fraction of sp³-hybridized carbons (Fsp3) is 0.227. The van der Waals surface area contributed by atoms with Crippen molar-refractivity contribution >= 4 is 5.82 Å². The molecule has 1 fully saturated rings. The van der Waals surface area contributed by atoms with Crippen molar-refractivity contribution in [1.29, 1.82) is 0 Å². The largest absolute Gasteiger partial charge is 0.473 e. The van der Waals surface area contributed by atoms with Crippen LogP contribution < -0.4 is 20.1 Å².